The molecule has 0 spiro atoms. The maximum Gasteiger partial charge on any atom is 0.276 e. The van der Waals surface area contributed by atoms with E-state index in [0.29, 0.717) is 23.1 Å². The number of ether oxygens (including phenoxy) is 2. The highest BCUT2D eigenvalue weighted by atomic mass is 79.9. The van der Waals surface area contributed by atoms with Crippen molar-refractivity contribution in [2.45, 2.75) is 46.6 Å². The minimum atomic E-state index is -0.275. The summed E-state index contributed by atoms with van der Waals surface area (Å²) < 4.78 is 12.8. The maximum atomic E-state index is 13.4. The fourth-order valence-corrected chi connectivity index (χ4v) is 4.04. The summed E-state index contributed by atoms with van der Waals surface area (Å²) in [7, 11) is 1.55. The van der Waals surface area contributed by atoms with Gasteiger partial charge in [0.1, 0.15) is 22.7 Å². The largest absolute Gasteiger partial charge is 0.481 e. The molecule has 186 valence electrons. The fraction of sp³-hybridized carbons (Fsp3) is 0.296. The van der Waals surface area contributed by atoms with Crippen molar-refractivity contribution in [1.29, 1.82) is 0 Å². The summed E-state index contributed by atoms with van der Waals surface area (Å²) in [6, 6.07) is 13.1. The Bertz CT molecular complexity index is 1480. The van der Waals surface area contributed by atoms with E-state index in [1.165, 1.54) is 0 Å². The van der Waals surface area contributed by atoms with Crippen LogP contribution >= 0.6 is 15.9 Å². The molecule has 0 aliphatic heterocycles. The van der Waals surface area contributed by atoms with Crippen molar-refractivity contribution in [2.75, 3.05) is 7.11 Å². The second kappa shape index (κ2) is 10.2. The van der Waals surface area contributed by atoms with Gasteiger partial charge in [-0.2, -0.15) is 4.98 Å². The first kappa shape index (κ1) is 25.5. The number of aryl methyl sites for hydroxylation is 2. The van der Waals surface area contributed by atoms with Crippen LogP contribution in [0, 0.1) is 13.8 Å². The smallest absolute Gasteiger partial charge is 0.276 e. The van der Waals surface area contributed by atoms with Crippen LogP contribution in [-0.2, 0) is 12.0 Å². The van der Waals surface area contributed by atoms with Gasteiger partial charge in [0.05, 0.1) is 24.2 Å². The summed E-state index contributed by atoms with van der Waals surface area (Å²) in [5.41, 5.74) is 3.57. The molecule has 0 fully saturated rings. The lowest BCUT2D eigenvalue weighted by atomic mass is 9.95. The summed E-state index contributed by atoms with van der Waals surface area (Å²) >= 11 is 3.38. The van der Waals surface area contributed by atoms with Gasteiger partial charge in [-0.25, -0.2) is 15.0 Å². The Morgan fingerprint density at radius 1 is 1.03 bits per heavy atom. The monoisotopic (exact) mass is 549 g/mol. The standard InChI is InChI=1S/C27H28BrN5O3/c1-16-14-29-26(27(3,4)5)32-23(16)18-9-7-11-20(13-18)33-17(2)30-24(22(28)25(33)34)36-15-19-10-8-12-21(31-19)35-6/h7-14H,15H2,1-6H3. The van der Waals surface area contributed by atoms with Crippen LogP contribution < -0.4 is 15.0 Å². The average molecular weight is 550 g/mol. The second-order valence-corrected chi connectivity index (χ2v) is 10.2. The number of halogens is 1. The Labute approximate surface area is 218 Å². The normalized spacial score (nSPS) is 11.4. The molecule has 9 heteroatoms. The number of methoxy groups -OCH3 is 1. The highest BCUT2D eigenvalue weighted by molar-refractivity contribution is 9.10. The van der Waals surface area contributed by atoms with Crippen molar-refractivity contribution >= 4 is 15.9 Å². The van der Waals surface area contributed by atoms with Crippen molar-refractivity contribution in [3.8, 4) is 28.7 Å². The Balaban J connectivity index is 1.69. The second-order valence-electron chi connectivity index (χ2n) is 9.40. The Hall–Kier alpha value is -3.59. The van der Waals surface area contributed by atoms with Crippen LogP contribution in [0.25, 0.3) is 16.9 Å². The van der Waals surface area contributed by atoms with Crippen LogP contribution in [0.4, 0.5) is 0 Å². The van der Waals surface area contributed by atoms with Gasteiger partial charge in [0, 0.05) is 23.2 Å². The Morgan fingerprint density at radius 2 is 1.78 bits per heavy atom. The first-order valence-corrected chi connectivity index (χ1v) is 12.2. The molecule has 0 bridgehead atoms. The number of hydrogen-bond acceptors (Lipinski definition) is 7. The first-order valence-electron chi connectivity index (χ1n) is 11.5. The van der Waals surface area contributed by atoms with Crippen LogP contribution in [0.15, 0.2) is 57.9 Å². The fourth-order valence-electron chi connectivity index (χ4n) is 3.66. The van der Waals surface area contributed by atoms with Crippen LogP contribution in [-0.4, -0.2) is 31.6 Å². The first-order chi connectivity index (χ1) is 17.1. The van der Waals surface area contributed by atoms with Crippen LogP contribution in [0.5, 0.6) is 11.8 Å². The molecule has 0 aliphatic carbocycles. The van der Waals surface area contributed by atoms with Gasteiger partial charge in [-0.05, 0) is 53.5 Å². The van der Waals surface area contributed by atoms with Gasteiger partial charge in [-0.3, -0.25) is 9.36 Å². The molecular weight excluding hydrogens is 522 g/mol. The lowest BCUT2D eigenvalue weighted by molar-refractivity contribution is 0.282. The molecule has 0 N–H and O–H groups in total. The number of benzene rings is 1. The summed E-state index contributed by atoms with van der Waals surface area (Å²) in [6.45, 7) is 10.1. The van der Waals surface area contributed by atoms with Crippen molar-refractivity contribution in [1.82, 2.24) is 24.5 Å². The third-order valence-electron chi connectivity index (χ3n) is 5.53. The highest BCUT2D eigenvalue weighted by Gasteiger charge is 2.20. The van der Waals surface area contributed by atoms with Crippen molar-refractivity contribution < 1.29 is 9.47 Å². The highest BCUT2D eigenvalue weighted by Crippen LogP contribution is 2.27. The summed E-state index contributed by atoms with van der Waals surface area (Å²) in [6.07, 6.45) is 1.84. The van der Waals surface area contributed by atoms with Crippen LogP contribution in [0.2, 0.25) is 0 Å². The zero-order valence-corrected chi connectivity index (χ0v) is 22.8. The van der Waals surface area contributed by atoms with Gasteiger partial charge in [0.15, 0.2) is 0 Å². The van der Waals surface area contributed by atoms with Gasteiger partial charge >= 0.3 is 0 Å². The molecule has 4 aromatic rings. The zero-order chi connectivity index (χ0) is 26.0. The van der Waals surface area contributed by atoms with Gasteiger partial charge in [0.2, 0.25) is 11.8 Å². The number of rotatable bonds is 6. The molecule has 36 heavy (non-hydrogen) atoms. The van der Waals surface area contributed by atoms with E-state index in [1.807, 2.05) is 49.5 Å². The van der Waals surface area contributed by atoms with Gasteiger partial charge in [-0.15, -0.1) is 0 Å². The molecule has 0 amide bonds. The number of pyridine rings is 1. The molecule has 0 radical (unpaired) electrons. The maximum absolute atomic E-state index is 13.4. The van der Waals surface area contributed by atoms with Crippen molar-refractivity contribution in [2.24, 2.45) is 0 Å². The number of nitrogens with zero attached hydrogens (tertiary/aromatic N) is 5. The van der Waals surface area contributed by atoms with E-state index in [2.05, 4.69) is 51.7 Å². The topological polar surface area (TPSA) is 92.0 Å². The van der Waals surface area contributed by atoms with Gasteiger partial charge in [0.25, 0.3) is 5.56 Å². The van der Waals surface area contributed by atoms with E-state index in [-0.39, 0.29) is 27.9 Å². The predicted octanol–water partition coefficient (Wildman–Crippen LogP) is 5.35. The van der Waals surface area contributed by atoms with E-state index >= 15 is 0 Å². The van der Waals surface area contributed by atoms with Crippen molar-refractivity contribution in [3.63, 3.8) is 0 Å². The zero-order valence-electron chi connectivity index (χ0n) is 21.2. The van der Waals surface area contributed by atoms with E-state index in [9.17, 15) is 4.79 Å². The molecule has 0 aliphatic rings. The molecule has 0 saturated carbocycles. The predicted molar refractivity (Wildman–Crippen MR) is 142 cm³/mol. The molecule has 8 nitrogen and oxygen atoms in total. The summed E-state index contributed by atoms with van der Waals surface area (Å²) in [5.74, 6) is 1.95. The Morgan fingerprint density at radius 3 is 2.50 bits per heavy atom. The summed E-state index contributed by atoms with van der Waals surface area (Å²) in [5, 5.41) is 0. The molecule has 3 aromatic heterocycles. The van der Waals surface area contributed by atoms with E-state index in [4.69, 9.17) is 14.5 Å². The van der Waals surface area contributed by atoms with E-state index in [0.717, 1.165) is 22.6 Å². The Kier molecular flexibility index (Phi) is 7.21. The third-order valence-corrected chi connectivity index (χ3v) is 6.21. The van der Waals surface area contributed by atoms with Gasteiger partial charge in [-0.1, -0.05) is 39.0 Å². The molecule has 1 aromatic carbocycles. The average Bonchev–Trinajstić information content (AvgIpc) is 2.85. The minimum Gasteiger partial charge on any atom is -0.481 e. The van der Waals surface area contributed by atoms with E-state index in [1.54, 1.807) is 24.7 Å². The molecular formula is C27H28BrN5O3. The molecule has 3 heterocycles. The molecule has 0 unspecified atom stereocenters. The lowest BCUT2D eigenvalue weighted by Crippen LogP contribution is -2.24. The molecule has 0 atom stereocenters. The van der Waals surface area contributed by atoms with Crippen LogP contribution in [0.1, 0.15) is 43.7 Å². The number of hydrogen-bond donors (Lipinski definition) is 0. The third kappa shape index (κ3) is 5.31. The number of aromatic nitrogens is 5. The summed E-state index contributed by atoms with van der Waals surface area (Å²) in [4.78, 5) is 31.6. The SMILES string of the molecule is COc1cccc(COc2nc(C)n(-c3cccc(-c4nc(C(C)(C)C)ncc4C)c3)c(=O)c2Br)n1. The lowest BCUT2D eigenvalue weighted by Gasteiger charge is -2.18. The van der Waals surface area contributed by atoms with Crippen LogP contribution in [0.3, 0.4) is 0 Å². The molecule has 4 rings (SSSR count). The quantitative estimate of drug-likeness (QED) is 0.320. The molecule has 0 saturated heterocycles. The van der Waals surface area contributed by atoms with Gasteiger partial charge < -0.3 is 9.47 Å². The van der Waals surface area contributed by atoms with Crippen molar-refractivity contribution in [3.05, 3.63) is 86.4 Å². The minimum absolute atomic E-state index is 0.143. The van der Waals surface area contributed by atoms with E-state index < -0.39 is 0 Å².